The van der Waals surface area contributed by atoms with Crippen LogP contribution in [0.15, 0.2) is 42.5 Å². The summed E-state index contributed by atoms with van der Waals surface area (Å²) in [6.45, 7) is 7.23. The van der Waals surface area contributed by atoms with Crippen molar-refractivity contribution in [1.82, 2.24) is 14.4 Å². The smallest absolute Gasteiger partial charge is 0.348 e. The minimum absolute atomic E-state index is 0.0872. The number of amides is 2. The van der Waals surface area contributed by atoms with Gasteiger partial charge in [-0.25, -0.2) is 4.79 Å². The van der Waals surface area contributed by atoms with Crippen molar-refractivity contribution in [3.05, 3.63) is 48.0 Å². The number of ether oxygens (including phenoxy) is 2. The predicted octanol–water partition coefficient (Wildman–Crippen LogP) is 6.73. The summed E-state index contributed by atoms with van der Waals surface area (Å²) >= 11 is 4.46. The summed E-state index contributed by atoms with van der Waals surface area (Å²) in [4.78, 5) is 15.0. The number of carbonyl (C=O) groups excluding carboxylic acids is 1. The summed E-state index contributed by atoms with van der Waals surface area (Å²) in [5.74, 6) is 1.51. The maximum absolute atomic E-state index is 13.3. The molecule has 7 nitrogen and oxygen atoms in total. The van der Waals surface area contributed by atoms with Gasteiger partial charge in [-0.3, -0.25) is 4.90 Å². The number of hydrogen-bond donors (Lipinski definition) is 2. The van der Waals surface area contributed by atoms with Gasteiger partial charge in [0.1, 0.15) is 11.5 Å². The topological polar surface area (TPSA) is 59.0 Å². The number of thiol groups is 1. The second-order valence-electron chi connectivity index (χ2n) is 11.6. The van der Waals surface area contributed by atoms with E-state index in [2.05, 4.69) is 72.2 Å². The number of carbonyl (C=O) groups is 1. The summed E-state index contributed by atoms with van der Waals surface area (Å²) in [6.07, 6.45) is 6.08. The molecule has 1 aliphatic carbocycles. The SMILES string of the molecule is CC1OC(C)(C)NN(S)C(=O)N(C)c2ccc3c(C4CCCCC4)c4n(c3c2)C[C@@H]1COc1ccccc1-4. The lowest BCUT2D eigenvalue weighted by molar-refractivity contribution is -0.126. The van der Waals surface area contributed by atoms with Crippen LogP contribution in [-0.4, -0.2) is 40.5 Å². The molecular formula is C30H38N4O3S. The molecule has 2 amide bonds. The minimum atomic E-state index is -0.827. The van der Waals surface area contributed by atoms with E-state index in [1.807, 2.05) is 13.8 Å². The number of fused-ring (bicyclic) bond motifs is 4. The lowest BCUT2D eigenvalue weighted by atomic mass is 9.81. The van der Waals surface area contributed by atoms with Gasteiger partial charge in [0.2, 0.25) is 0 Å². The third-order valence-corrected chi connectivity index (χ3v) is 8.76. The third-order valence-electron chi connectivity index (χ3n) is 8.49. The van der Waals surface area contributed by atoms with Crippen LogP contribution < -0.4 is 15.1 Å². The fraction of sp³-hybridized carbons (Fsp3) is 0.500. The van der Waals surface area contributed by atoms with Gasteiger partial charge < -0.3 is 14.0 Å². The van der Waals surface area contributed by atoms with Crippen molar-refractivity contribution in [3.63, 3.8) is 0 Å². The molecule has 4 bridgehead atoms. The van der Waals surface area contributed by atoms with E-state index in [-0.39, 0.29) is 18.1 Å². The zero-order valence-corrected chi connectivity index (χ0v) is 23.6. The normalized spacial score (nSPS) is 24.3. The zero-order chi connectivity index (χ0) is 26.6. The third kappa shape index (κ3) is 4.46. The average Bonchev–Trinajstić information content (AvgIpc) is 3.20. The van der Waals surface area contributed by atoms with E-state index in [1.54, 1.807) is 11.9 Å². The first-order valence-corrected chi connectivity index (χ1v) is 14.2. The summed E-state index contributed by atoms with van der Waals surface area (Å²) in [6, 6.07) is 14.6. The number of nitrogens with one attached hydrogen (secondary N) is 1. The van der Waals surface area contributed by atoms with Gasteiger partial charge in [-0.15, -0.1) is 0 Å². The van der Waals surface area contributed by atoms with Crippen LogP contribution in [-0.2, 0) is 11.3 Å². The quantitative estimate of drug-likeness (QED) is 0.340. The highest BCUT2D eigenvalue weighted by atomic mass is 32.1. The van der Waals surface area contributed by atoms with Gasteiger partial charge >= 0.3 is 6.03 Å². The van der Waals surface area contributed by atoms with E-state index in [0.717, 1.165) is 29.1 Å². The highest BCUT2D eigenvalue weighted by Gasteiger charge is 2.35. The molecule has 0 saturated heterocycles. The number of para-hydroxylation sites is 1. The van der Waals surface area contributed by atoms with Crippen molar-refractivity contribution in [1.29, 1.82) is 0 Å². The molecule has 0 spiro atoms. The number of anilines is 1. The molecule has 2 aliphatic heterocycles. The Hall–Kier alpha value is -2.68. The van der Waals surface area contributed by atoms with Crippen molar-refractivity contribution in [2.24, 2.45) is 5.92 Å². The first kappa shape index (κ1) is 25.6. The molecule has 3 heterocycles. The first-order valence-electron chi connectivity index (χ1n) is 13.8. The molecule has 3 aromatic rings. The molecule has 6 rings (SSSR count). The van der Waals surface area contributed by atoms with Gasteiger partial charge in [0.25, 0.3) is 0 Å². The number of benzene rings is 2. The van der Waals surface area contributed by atoms with Crippen molar-refractivity contribution in [3.8, 4) is 17.0 Å². The number of rotatable bonds is 1. The second-order valence-corrected chi connectivity index (χ2v) is 12.0. The summed E-state index contributed by atoms with van der Waals surface area (Å²) in [7, 11) is 1.79. The Morgan fingerprint density at radius 1 is 1.08 bits per heavy atom. The van der Waals surface area contributed by atoms with Crippen LogP contribution in [0.5, 0.6) is 5.75 Å². The van der Waals surface area contributed by atoms with E-state index < -0.39 is 5.72 Å². The molecule has 0 radical (unpaired) electrons. The Bertz CT molecular complexity index is 1360. The Morgan fingerprint density at radius 3 is 2.63 bits per heavy atom. The Kier molecular flexibility index (Phi) is 6.61. The molecule has 1 fully saturated rings. The molecular weight excluding hydrogens is 496 g/mol. The molecule has 2 atom stereocenters. The fourth-order valence-corrected chi connectivity index (χ4v) is 6.93. The van der Waals surface area contributed by atoms with Gasteiger partial charge in [0, 0.05) is 36.1 Å². The maximum atomic E-state index is 13.3. The van der Waals surface area contributed by atoms with Crippen LogP contribution >= 0.6 is 12.8 Å². The lowest BCUT2D eigenvalue weighted by Gasteiger charge is -2.37. The van der Waals surface area contributed by atoms with E-state index in [1.165, 1.54) is 53.2 Å². The monoisotopic (exact) mass is 534 g/mol. The number of aromatic nitrogens is 1. The number of hydrazine groups is 1. The molecule has 1 unspecified atom stereocenters. The molecule has 1 saturated carbocycles. The van der Waals surface area contributed by atoms with Crippen molar-refractivity contribution >= 4 is 35.4 Å². The van der Waals surface area contributed by atoms with Crippen LogP contribution in [0.25, 0.3) is 22.2 Å². The van der Waals surface area contributed by atoms with Crippen LogP contribution in [0, 0.1) is 5.92 Å². The van der Waals surface area contributed by atoms with Crippen LogP contribution in [0.2, 0.25) is 0 Å². The lowest BCUT2D eigenvalue weighted by Crippen LogP contribution is -2.55. The molecule has 3 aliphatic rings. The van der Waals surface area contributed by atoms with Gasteiger partial charge in [-0.05, 0) is 82.2 Å². The molecule has 38 heavy (non-hydrogen) atoms. The molecule has 1 aromatic heterocycles. The largest absolute Gasteiger partial charge is 0.492 e. The Labute approximate surface area is 230 Å². The van der Waals surface area contributed by atoms with Crippen LogP contribution in [0.3, 0.4) is 0 Å². The van der Waals surface area contributed by atoms with Crippen LogP contribution in [0.1, 0.15) is 64.4 Å². The highest BCUT2D eigenvalue weighted by molar-refractivity contribution is 7.78. The van der Waals surface area contributed by atoms with Gasteiger partial charge in [-0.2, -0.15) is 9.84 Å². The van der Waals surface area contributed by atoms with E-state index in [0.29, 0.717) is 12.5 Å². The number of urea groups is 1. The molecule has 1 N–H and O–H groups in total. The molecule has 8 heteroatoms. The van der Waals surface area contributed by atoms with Crippen molar-refractivity contribution in [2.75, 3.05) is 18.6 Å². The summed E-state index contributed by atoms with van der Waals surface area (Å²) in [5.41, 5.74) is 8.11. The zero-order valence-electron chi connectivity index (χ0n) is 22.7. The van der Waals surface area contributed by atoms with Crippen molar-refractivity contribution in [2.45, 2.75) is 77.2 Å². The van der Waals surface area contributed by atoms with Crippen LogP contribution in [0.4, 0.5) is 10.5 Å². The number of hydrogen-bond acceptors (Lipinski definition) is 5. The summed E-state index contributed by atoms with van der Waals surface area (Å²) < 4.78 is 16.8. The first-order chi connectivity index (χ1) is 18.2. The highest BCUT2D eigenvalue weighted by Crippen LogP contribution is 2.48. The fourth-order valence-electron chi connectivity index (χ4n) is 6.56. The molecule has 202 valence electrons. The second kappa shape index (κ2) is 9.81. The predicted molar refractivity (Wildman–Crippen MR) is 155 cm³/mol. The van der Waals surface area contributed by atoms with Gasteiger partial charge in [0.15, 0.2) is 0 Å². The minimum Gasteiger partial charge on any atom is -0.492 e. The standard InChI is InChI=1S/C30H38N4O3S/c1-19-21-17-33-25-16-22(32(4)29(35)34(38)31-30(2,3)37-19)14-15-23(25)27(20-10-6-5-7-11-20)28(33)24-12-8-9-13-26(24)36-18-21/h8-9,12-16,19-21,31,38H,5-7,10-11,17-18H2,1-4H3/t19?,21-/m1/s1. The Morgan fingerprint density at radius 2 is 1.84 bits per heavy atom. The average molecular weight is 535 g/mol. The number of nitrogens with zero attached hydrogens (tertiary/aromatic N) is 3. The summed E-state index contributed by atoms with van der Waals surface area (Å²) in [5, 5.41) is 1.27. The van der Waals surface area contributed by atoms with E-state index in [4.69, 9.17) is 9.47 Å². The van der Waals surface area contributed by atoms with E-state index in [9.17, 15) is 4.79 Å². The van der Waals surface area contributed by atoms with Gasteiger partial charge in [0.05, 0.1) is 23.9 Å². The van der Waals surface area contributed by atoms with Crippen molar-refractivity contribution < 1.29 is 14.3 Å². The van der Waals surface area contributed by atoms with Gasteiger partial charge in [-0.1, -0.05) is 37.5 Å². The van der Waals surface area contributed by atoms with E-state index >= 15 is 0 Å². The maximum Gasteiger partial charge on any atom is 0.348 e. The molecule has 2 aromatic carbocycles. The Balaban J connectivity index is 1.64.